The number of alkyl halides is 1. The van der Waals surface area contributed by atoms with Gasteiger partial charge in [0, 0.05) is 65.1 Å². The average molecular weight is 1430 g/mol. The number of H-pyrrole nitrogens is 4. The molecule has 0 aliphatic carbocycles. The topological polar surface area (TPSA) is 402 Å². The van der Waals surface area contributed by atoms with Crippen molar-refractivity contribution >= 4 is 76.7 Å². The Morgan fingerprint density at radius 3 is 1.53 bits per heavy atom. The summed E-state index contributed by atoms with van der Waals surface area (Å²) in [5, 5.41) is 51.4. The molecule has 0 spiro atoms. The number of hydrogen-bond acceptors (Lipinski definition) is 22. The van der Waals surface area contributed by atoms with Gasteiger partial charge in [0.15, 0.2) is 36.2 Å². The van der Waals surface area contributed by atoms with Gasteiger partial charge in [0.2, 0.25) is 5.78 Å². The van der Waals surface area contributed by atoms with Crippen LogP contribution in [-0.2, 0) is 45.0 Å². The Morgan fingerprint density at radius 2 is 1.07 bits per heavy atom. The van der Waals surface area contributed by atoms with Crippen molar-refractivity contribution in [3.63, 3.8) is 0 Å². The van der Waals surface area contributed by atoms with Crippen LogP contribution in [0.1, 0.15) is 73.3 Å². The van der Waals surface area contributed by atoms with E-state index in [0.717, 1.165) is 53.4 Å². The minimum Gasteiger partial charge on any atom is -0.457 e. The number of esters is 1. The van der Waals surface area contributed by atoms with Gasteiger partial charge in [0.05, 0.1) is 30.0 Å². The molecule has 4 aliphatic heterocycles. The summed E-state index contributed by atoms with van der Waals surface area (Å²) in [5.41, 5.74) is -4.84. The van der Waals surface area contributed by atoms with E-state index in [9.17, 15) is 73.1 Å². The predicted molar refractivity (Wildman–Crippen MR) is 369 cm³/mol. The fourth-order valence-corrected chi connectivity index (χ4v) is 14.4. The molecule has 0 radical (unpaired) electrons. The van der Waals surface area contributed by atoms with Crippen LogP contribution >= 0.6 is 39.8 Å². The molecule has 0 bridgehead atoms. The molecule has 4 aliphatic rings. The summed E-state index contributed by atoms with van der Waals surface area (Å²) in [5.74, 6) is -1.52. The minimum atomic E-state index is -1.70. The standard InChI is InChI=1S/C17H25N2O8P.C15H25N2O5P.C14H23N2O4PS.C13H20FN2O4P/c1-9(20)26-8-11(21)10-7-19(17(25)18-15(10)24)16-14(23)13(22)12(27-16)5-6-28(2,3)4;1-16-11(18)6-8-17(15(16)20)14-13(21-2)12(19)10(22-14)7-9-23(3,4)5;1-19-12-11(18)9(6-8-21(2,3)4)20-13(12)16-7-5-10(17)15-14(16)22;1-21(2,3)5-4-8-10(17)9(14)11(20-8)7-6-15-13(19)16-12(7)18/h7,12-14,16,22-23H,2,5-6,8H2,1,3-4H3,(H,18,24,25);6,8,10,12-14,19H,3,7,9H2,1-2,4-5H3;5,7,9,11-13,18H,2,6,8H2,1,3-4H3,(H,15,17,22);6,8-11,17H,1,4-5H2,2-3H3,(H2,15,16,18,19)/t12-,13-,14-,16?;10-,12-,13-,14?;9-,11-,12-,13?;8-,9-,10-,11?/m1111/s1. The van der Waals surface area contributed by atoms with E-state index in [1.807, 2.05) is 36.6 Å². The van der Waals surface area contributed by atoms with E-state index >= 15 is 0 Å². The number of aliphatic hydroxyl groups is 5. The van der Waals surface area contributed by atoms with Crippen LogP contribution in [0.15, 0.2) is 70.5 Å². The first-order chi connectivity index (χ1) is 43.5. The SMILES string of the molecule is C=P(C)(C)CC[C@H]1OC(c2c[nH]c(=O)[nH]c2=O)[C@H](F)[C@@H]1O.C=P(C)(C)CC[C@H]1OC(n2cc(C(=O)COC(C)=O)c(=O)[nH]c2=O)[C@H](O)[C@@H]1O.C=P(C)(C)CC[C@H]1OC(n2ccc(=O)[nH]c2=S)[C@H](OC)[C@@H]1O.C=P(C)(C)CC[C@H]1OC(n2ccc(=O)n(C)c2=O)[C@H](OC)[C@@H]1O. The van der Waals surface area contributed by atoms with Crippen LogP contribution < -0.4 is 39.3 Å². The second kappa shape index (κ2) is 33.5. The highest BCUT2D eigenvalue weighted by atomic mass is 32.1. The zero-order valence-electron chi connectivity index (χ0n) is 55.0. The van der Waals surface area contributed by atoms with E-state index in [0.29, 0.717) is 25.4 Å². The summed E-state index contributed by atoms with van der Waals surface area (Å²) in [6.45, 7) is 12.0. The highest BCUT2D eigenvalue weighted by Gasteiger charge is 2.48. The number of Topliss-reactive ketones (excluding diaryl/α,β-unsaturated/α-hetero) is 1. The van der Waals surface area contributed by atoms with E-state index in [2.05, 4.69) is 66.6 Å². The number of methoxy groups -OCH3 is 2. The smallest absolute Gasteiger partial charge is 0.332 e. The Balaban J connectivity index is 0.000000228. The molecule has 4 aromatic rings. The normalized spacial score (nSPS) is 27.7. The molecule has 4 aromatic heterocycles. The molecular formula is C59H93FN8O21P4S. The zero-order chi connectivity index (χ0) is 70.9. The van der Waals surface area contributed by atoms with Gasteiger partial charge in [-0.15, -0.1) is 52.7 Å². The Labute approximate surface area is 547 Å². The van der Waals surface area contributed by atoms with Crippen molar-refractivity contribution in [1.82, 2.24) is 38.2 Å². The summed E-state index contributed by atoms with van der Waals surface area (Å²) in [6, 6.07) is 2.66. The highest BCUT2D eigenvalue weighted by Crippen LogP contribution is 2.44. The first-order valence-corrected chi connectivity index (χ1v) is 42.4. The van der Waals surface area contributed by atoms with Gasteiger partial charge in [-0.1, -0.05) is 0 Å². The van der Waals surface area contributed by atoms with Crippen LogP contribution in [0.25, 0.3) is 0 Å². The number of aliphatic hydroxyl groups excluding tert-OH is 5. The van der Waals surface area contributed by atoms with Crippen LogP contribution in [-0.4, -0.2) is 273 Å². The van der Waals surface area contributed by atoms with E-state index < -0.39 is 172 Å². The van der Waals surface area contributed by atoms with Crippen molar-refractivity contribution in [2.75, 3.05) is 98.8 Å². The molecule has 528 valence electrons. The maximum Gasteiger partial charge on any atom is 0.332 e. The van der Waals surface area contributed by atoms with E-state index in [-0.39, 0.29) is 27.6 Å². The van der Waals surface area contributed by atoms with Gasteiger partial charge in [0.25, 0.3) is 22.2 Å². The lowest BCUT2D eigenvalue weighted by Crippen LogP contribution is -2.42. The van der Waals surface area contributed by atoms with Gasteiger partial charge < -0.3 is 63.7 Å². The van der Waals surface area contributed by atoms with Crippen molar-refractivity contribution in [2.24, 2.45) is 7.05 Å². The molecule has 35 heteroatoms. The summed E-state index contributed by atoms with van der Waals surface area (Å²) in [6.07, 6.45) is 12.7. The van der Waals surface area contributed by atoms with Crippen LogP contribution in [0.4, 0.5) is 4.39 Å². The maximum atomic E-state index is 14.2. The Bertz CT molecular complexity index is 3990. The van der Waals surface area contributed by atoms with Gasteiger partial charge in [-0.05, 0) is 116 Å². The van der Waals surface area contributed by atoms with Gasteiger partial charge in [-0.25, -0.2) is 18.8 Å². The van der Waals surface area contributed by atoms with Gasteiger partial charge >= 0.3 is 23.0 Å². The van der Waals surface area contributed by atoms with Crippen LogP contribution in [0.5, 0.6) is 0 Å². The second-order valence-corrected chi connectivity index (χ2v) is 43.9. The fourth-order valence-electron chi connectivity index (χ4n) is 10.3. The van der Waals surface area contributed by atoms with Crippen molar-refractivity contribution < 1.29 is 72.7 Å². The third kappa shape index (κ3) is 22.0. The molecule has 4 fully saturated rings. The largest absolute Gasteiger partial charge is 0.457 e. The molecule has 4 saturated heterocycles. The number of ketones is 1. The number of hydrogen-bond donors (Lipinski definition) is 9. The first-order valence-electron chi connectivity index (χ1n) is 29.8. The number of aromatic nitrogens is 8. The molecular weight excluding hydrogens is 1330 g/mol. The van der Waals surface area contributed by atoms with Crippen LogP contribution in [0.3, 0.4) is 0 Å². The molecule has 29 nitrogen and oxygen atoms in total. The lowest BCUT2D eigenvalue weighted by molar-refractivity contribution is -0.139. The number of carbonyl (C=O) groups excluding carboxylic acids is 2. The summed E-state index contributed by atoms with van der Waals surface area (Å²) in [7, 11) is 4.40. The monoisotopic (exact) mass is 1420 g/mol. The maximum absolute atomic E-state index is 14.2. The van der Waals surface area contributed by atoms with Crippen molar-refractivity contribution in [2.45, 2.75) is 131 Å². The summed E-state index contributed by atoms with van der Waals surface area (Å²) < 4.78 is 57.5. The fraction of sp³-hybridized carbons (Fsp3) is 0.627. The highest BCUT2D eigenvalue weighted by molar-refractivity contribution is 7.73. The lowest BCUT2D eigenvalue weighted by Gasteiger charge is -2.20. The molecule has 9 N–H and O–H groups in total. The molecule has 4 unspecified atom stereocenters. The van der Waals surface area contributed by atoms with Crippen molar-refractivity contribution in [1.29, 1.82) is 0 Å². The number of ether oxygens (including phenoxy) is 7. The van der Waals surface area contributed by atoms with E-state index in [1.54, 1.807) is 10.8 Å². The van der Waals surface area contributed by atoms with Crippen molar-refractivity contribution in [3.8, 4) is 0 Å². The predicted octanol–water partition coefficient (Wildman–Crippen LogP) is 0.500. The Hall–Kier alpha value is -5.03. The van der Waals surface area contributed by atoms with Gasteiger partial charge in [0.1, 0.15) is 54.4 Å². The van der Waals surface area contributed by atoms with E-state index in [4.69, 9.17) is 40.6 Å². The van der Waals surface area contributed by atoms with E-state index in [1.165, 1.54) is 44.2 Å². The summed E-state index contributed by atoms with van der Waals surface area (Å²) >= 11 is 5.16. The molecule has 0 amide bonds. The van der Waals surface area contributed by atoms with Gasteiger partial charge in [-0.2, -0.15) is 0 Å². The quantitative estimate of drug-likeness (QED) is 0.0237. The number of nitrogens with one attached hydrogen (secondary N) is 4. The number of aromatic amines is 4. The first kappa shape index (κ1) is 79.7. The Kier molecular flexibility index (Phi) is 28.4. The van der Waals surface area contributed by atoms with Crippen molar-refractivity contribution in [3.05, 3.63) is 126 Å². The van der Waals surface area contributed by atoms with Crippen LogP contribution in [0.2, 0.25) is 0 Å². The second-order valence-electron chi connectivity index (χ2n) is 26.2. The average Bonchev–Trinajstić information content (AvgIpc) is 1.59. The lowest BCUT2D eigenvalue weighted by atomic mass is 10.0. The minimum absolute atomic E-state index is 0.0210. The number of halogens is 1. The number of carbonyl (C=O) groups is 2. The third-order valence-electron chi connectivity index (χ3n) is 15.6. The molecule has 16 atom stereocenters. The molecule has 8 heterocycles. The number of nitrogens with zero attached hydrogens (tertiary/aromatic N) is 4. The molecule has 0 aromatic carbocycles. The number of rotatable bonds is 21. The molecule has 0 saturated carbocycles. The molecule has 94 heavy (non-hydrogen) atoms. The Morgan fingerprint density at radius 1 is 0.617 bits per heavy atom. The zero-order valence-corrected chi connectivity index (χ0v) is 59.4. The van der Waals surface area contributed by atoms with Crippen LogP contribution in [0, 0.1) is 4.77 Å². The van der Waals surface area contributed by atoms with Gasteiger partial charge in [-0.3, -0.25) is 62.0 Å². The summed E-state index contributed by atoms with van der Waals surface area (Å²) in [4.78, 5) is 114. The third-order valence-corrected chi connectivity index (χ3v) is 21.8. The molecule has 8 rings (SSSR count).